The Balaban J connectivity index is 1.67. The van der Waals surface area contributed by atoms with Crippen LogP contribution in [0.4, 0.5) is 0 Å². The van der Waals surface area contributed by atoms with E-state index in [1.165, 1.54) is 57.8 Å². The molecule has 2 N–H and O–H groups in total. The van der Waals surface area contributed by atoms with Crippen molar-refractivity contribution in [1.82, 2.24) is 0 Å². The van der Waals surface area contributed by atoms with Crippen LogP contribution in [0.25, 0.3) is 0 Å². The van der Waals surface area contributed by atoms with Crippen molar-refractivity contribution in [2.24, 2.45) is 22.6 Å². The lowest BCUT2D eigenvalue weighted by atomic mass is 10.0. The maximum atomic E-state index is 6.01. The number of nitrogens with two attached hydrogens (primary N) is 1. The summed E-state index contributed by atoms with van der Waals surface area (Å²) >= 11 is 0. The van der Waals surface area contributed by atoms with Gasteiger partial charge in [-0.15, -0.1) is 0 Å². The van der Waals surface area contributed by atoms with Crippen molar-refractivity contribution in [3.63, 3.8) is 0 Å². The van der Waals surface area contributed by atoms with Crippen LogP contribution >= 0.6 is 0 Å². The fourth-order valence-electron chi connectivity index (χ4n) is 3.03. The van der Waals surface area contributed by atoms with Crippen LogP contribution in [0.2, 0.25) is 0 Å². The van der Waals surface area contributed by atoms with Crippen molar-refractivity contribution in [2.45, 2.75) is 57.8 Å². The third-order valence-corrected chi connectivity index (χ3v) is 4.08. The second-order valence-corrected chi connectivity index (χ2v) is 5.23. The molecule has 2 rings (SSSR count). The summed E-state index contributed by atoms with van der Waals surface area (Å²) in [6, 6.07) is 0. The Bertz CT molecular complexity index is 211. The van der Waals surface area contributed by atoms with E-state index in [1.54, 1.807) is 0 Å². The minimum atomic E-state index is 0.619. The van der Waals surface area contributed by atoms with Crippen LogP contribution in [0, 0.1) is 11.8 Å². The minimum Gasteiger partial charge on any atom is -0.387 e. The van der Waals surface area contributed by atoms with E-state index in [0.717, 1.165) is 18.3 Å². The second kappa shape index (κ2) is 5.53. The highest BCUT2D eigenvalue weighted by molar-refractivity contribution is 5.83. The van der Waals surface area contributed by atoms with Crippen LogP contribution in [-0.2, 0) is 0 Å². The summed E-state index contributed by atoms with van der Waals surface area (Å²) in [5, 5.41) is 0. The number of hydrogen-bond donors (Lipinski definition) is 1. The predicted octanol–water partition coefficient (Wildman–Crippen LogP) is 3.11. The molecule has 2 nitrogen and oxygen atoms in total. The lowest BCUT2D eigenvalue weighted by Crippen LogP contribution is -2.21. The fourth-order valence-corrected chi connectivity index (χ4v) is 3.03. The first-order valence-corrected chi connectivity index (χ1v) is 6.66. The summed E-state index contributed by atoms with van der Waals surface area (Å²) in [5.41, 5.74) is 6.01. The van der Waals surface area contributed by atoms with E-state index in [0.29, 0.717) is 5.92 Å². The zero-order valence-electron chi connectivity index (χ0n) is 9.75. The maximum Gasteiger partial charge on any atom is 0.0968 e. The molecule has 15 heavy (non-hydrogen) atoms. The third kappa shape index (κ3) is 3.22. The first kappa shape index (κ1) is 11.0. The predicted molar refractivity (Wildman–Crippen MR) is 65.0 cm³/mol. The van der Waals surface area contributed by atoms with E-state index < -0.39 is 0 Å². The zero-order chi connectivity index (χ0) is 10.5. The highest BCUT2D eigenvalue weighted by Crippen LogP contribution is 2.28. The van der Waals surface area contributed by atoms with Crippen molar-refractivity contribution in [2.75, 3.05) is 6.54 Å². The molecule has 0 heterocycles. The van der Waals surface area contributed by atoms with Gasteiger partial charge in [-0.2, -0.15) is 0 Å². The molecule has 2 heteroatoms. The topological polar surface area (TPSA) is 38.4 Å². The minimum absolute atomic E-state index is 0.619. The summed E-state index contributed by atoms with van der Waals surface area (Å²) in [5.74, 6) is 2.52. The average Bonchev–Trinajstić information content (AvgIpc) is 2.90. The Morgan fingerprint density at radius 2 is 1.60 bits per heavy atom. The van der Waals surface area contributed by atoms with Gasteiger partial charge in [-0.3, -0.25) is 4.99 Å². The number of nitrogens with zero attached hydrogens (tertiary/aromatic N) is 1. The Labute approximate surface area is 93.3 Å². The lowest BCUT2D eigenvalue weighted by Gasteiger charge is -2.10. The van der Waals surface area contributed by atoms with Gasteiger partial charge in [0.25, 0.3) is 0 Å². The highest BCUT2D eigenvalue weighted by Gasteiger charge is 2.18. The molecule has 2 saturated carbocycles. The molecule has 0 aliphatic heterocycles. The molecule has 0 amide bonds. The van der Waals surface area contributed by atoms with Gasteiger partial charge in [0.2, 0.25) is 0 Å². The van der Waals surface area contributed by atoms with Gasteiger partial charge in [0.05, 0.1) is 5.84 Å². The van der Waals surface area contributed by atoms with Crippen LogP contribution in [-0.4, -0.2) is 12.4 Å². The molecule has 0 aromatic carbocycles. The van der Waals surface area contributed by atoms with Gasteiger partial charge >= 0.3 is 0 Å². The maximum absolute atomic E-state index is 6.01. The first-order chi connectivity index (χ1) is 7.36. The van der Waals surface area contributed by atoms with Crippen LogP contribution in [0.5, 0.6) is 0 Å². The summed E-state index contributed by atoms with van der Waals surface area (Å²) in [6.45, 7) is 0.979. The van der Waals surface area contributed by atoms with Crippen molar-refractivity contribution in [1.29, 1.82) is 0 Å². The lowest BCUT2D eigenvalue weighted by molar-refractivity contribution is 0.510. The number of aliphatic imine (C=N–C) groups is 1. The van der Waals surface area contributed by atoms with E-state index in [4.69, 9.17) is 5.73 Å². The molecule has 0 aromatic rings. The van der Waals surface area contributed by atoms with E-state index in [9.17, 15) is 0 Å². The Morgan fingerprint density at radius 3 is 2.27 bits per heavy atom. The highest BCUT2D eigenvalue weighted by atomic mass is 14.9. The monoisotopic (exact) mass is 208 g/mol. The SMILES string of the molecule is NC(=NCCC1CCCC1)C1CCCC1. The molecule has 2 fully saturated rings. The number of amidine groups is 1. The average molecular weight is 208 g/mol. The summed E-state index contributed by atoms with van der Waals surface area (Å²) < 4.78 is 0. The molecule has 0 spiro atoms. The van der Waals surface area contributed by atoms with Crippen molar-refractivity contribution in [3.05, 3.63) is 0 Å². The molecule has 0 bridgehead atoms. The van der Waals surface area contributed by atoms with E-state index >= 15 is 0 Å². The van der Waals surface area contributed by atoms with Gasteiger partial charge in [0.1, 0.15) is 0 Å². The summed E-state index contributed by atoms with van der Waals surface area (Å²) in [6.07, 6.45) is 12.3. The van der Waals surface area contributed by atoms with Crippen molar-refractivity contribution >= 4 is 5.84 Å². The van der Waals surface area contributed by atoms with Crippen LogP contribution in [0.15, 0.2) is 4.99 Å². The quantitative estimate of drug-likeness (QED) is 0.559. The van der Waals surface area contributed by atoms with E-state index in [1.807, 2.05) is 0 Å². The van der Waals surface area contributed by atoms with E-state index in [-0.39, 0.29) is 0 Å². The van der Waals surface area contributed by atoms with Gasteiger partial charge in [0, 0.05) is 12.5 Å². The standard InChI is InChI=1S/C13H24N2/c14-13(12-7-3-4-8-12)15-10-9-11-5-1-2-6-11/h11-12H,1-10H2,(H2,14,15). The molecule has 2 aliphatic carbocycles. The molecule has 0 saturated heterocycles. The van der Waals surface area contributed by atoms with Crippen LogP contribution < -0.4 is 5.73 Å². The fraction of sp³-hybridized carbons (Fsp3) is 0.923. The molecule has 86 valence electrons. The van der Waals surface area contributed by atoms with Gasteiger partial charge in [-0.05, 0) is 25.2 Å². The Morgan fingerprint density at radius 1 is 1.00 bits per heavy atom. The normalized spacial score (nSPS) is 25.2. The van der Waals surface area contributed by atoms with Crippen LogP contribution in [0.3, 0.4) is 0 Å². The summed E-state index contributed by atoms with van der Waals surface area (Å²) in [4.78, 5) is 4.56. The van der Waals surface area contributed by atoms with Crippen LogP contribution in [0.1, 0.15) is 57.8 Å². The first-order valence-electron chi connectivity index (χ1n) is 6.66. The Kier molecular flexibility index (Phi) is 4.04. The molecular weight excluding hydrogens is 184 g/mol. The van der Waals surface area contributed by atoms with Gasteiger partial charge in [0.15, 0.2) is 0 Å². The molecule has 0 radical (unpaired) electrons. The molecule has 2 aliphatic rings. The molecule has 0 atom stereocenters. The zero-order valence-corrected chi connectivity index (χ0v) is 9.75. The van der Waals surface area contributed by atoms with Crippen molar-refractivity contribution in [3.8, 4) is 0 Å². The largest absolute Gasteiger partial charge is 0.387 e. The second-order valence-electron chi connectivity index (χ2n) is 5.23. The van der Waals surface area contributed by atoms with Crippen molar-refractivity contribution < 1.29 is 0 Å². The molecule has 0 aromatic heterocycles. The smallest absolute Gasteiger partial charge is 0.0968 e. The summed E-state index contributed by atoms with van der Waals surface area (Å²) in [7, 11) is 0. The van der Waals surface area contributed by atoms with Gasteiger partial charge < -0.3 is 5.73 Å². The number of hydrogen-bond acceptors (Lipinski definition) is 1. The number of rotatable bonds is 4. The van der Waals surface area contributed by atoms with Gasteiger partial charge in [-0.25, -0.2) is 0 Å². The van der Waals surface area contributed by atoms with E-state index in [2.05, 4.69) is 4.99 Å². The molecule has 0 unspecified atom stereocenters. The Hall–Kier alpha value is -0.530. The van der Waals surface area contributed by atoms with Gasteiger partial charge in [-0.1, -0.05) is 38.5 Å². The third-order valence-electron chi connectivity index (χ3n) is 4.08. The molecular formula is C13H24N2.